The number of carboxylic acid groups (broad SMARTS) is 1. The summed E-state index contributed by atoms with van der Waals surface area (Å²) < 4.78 is 0. The number of likely N-dealkylation sites (tertiary alicyclic amines) is 1. The summed E-state index contributed by atoms with van der Waals surface area (Å²) >= 11 is 0. The molecule has 2 aliphatic rings. The molecule has 3 atom stereocenters. The molecule has 1 heterocycles. The highest BCUT2D eigenvalue weighted by atomic mass is 16.4. The van der Waals surface area contributed by atoms with Gasteiger partial charge in [-0.1, -0.05) is 13.8 Å². The third kappa shape index (κ3) is 2.61. The van der Waals surface area contributed by atoms with Gasteiger partial charge in [0.25, 0.3) is 0 Å². The molecule has 0 spiro atoms. The minimum Gasteiger partial charge on any atom is -0.480 e. The van der Waals surface area contributed by atoms with Crippen molar-refractivity contribution in [2.24, 2.45) is 17.8 Å². The van der Waals surface area contributed by atoms with Crippen molar-refractivity contribution < 1.29 is 14.7 Å². The highest BCUT2D eigenvalue weighted by Gasteiger charge is 2.40. The molecule has 2 fully saturated rings. The van der Waals surface area contributed by atoms with Gasteiger partial charge in [0, 0.05) is 12.5 Å². The van der Waals surface area contributed by atoms with Gasteiger partial charge in [-0.05, 0) is 37.5 Å². The first-order valence-electron chi connectivity index (χ1n) is 6.54. The van der Waals surface area contributed by atoms with E-state index in [1.165, 1.54) is 0 Å². The molecule has 1 aliphatic heterocycles. The molecule has 1 saturated heterocycles. The summed E-state index contributed by atoms with van der Waals surface area (Å²) in [4.78, 5) is 25.1. The summed E-state index contributed by atoms with van der Waals surface area (Å²) in [6.45, 7) is 4.60. The molecule has 1 N–H and O–H groups in total. The lowest BCUT2D eigenvalue weighted by Gasteiger charge is -2.37. The van der Waals surface area contributed by atoms with Crippen LogP contribution in [0.5, 0.6) is 0 Å². The van der Waals surface area contributed by atoms with E-state index in [4.69, 9.17) is 0 Å². The molecular weight excluding hydrogens is 218 g/mol. The molecule has 4 nitrogen and oxygen atoms in total. The quantitative estimate of drug-likeness (QED) is 0.816. The zero-order chi connectivity index (χ0) is 12.6. The molecule has 0 radical (unpaired) electrons. The van der Waals surface area contributed by atoms with Crippen LogP contribution in [0.3, 0.4) is 0 Å². The Bertz CT molecular complexity index is 325. The normalized spacial score (nSPS) is 31.1. The molecule has 96 valence electrons. The van der Waals surface area contributed by atoms with Crippen molar-refractivity contribution in [3.8, 4) is 0 Å². The Hall–Kier alpha value is -1.06. The number of aliphatic carboxylic acids is 1. The maximum atomic E-state index is 12.3. The fourth-order valence-corrected chi connectivity index (χ4v) is 2.70. The van der Waals surface area contributed by atoms with Gasteiger partial charge < -0.3 is 10.0 Å². The van der Waals surface area contributed by atoms with E-state index in [0.717, 1.165) is 19.3 Å². The van der Waals surface area contributed by atoms with Crippen molar-refractivity contribution in [3.63, 3.8) is 0 Å². The standard InChI is InChI=1S/C13H21NO3/c1-8-5-6-14(11(7-8)13(16)17)12(15)9(2)10-3-4-10/h8-11H,3-7H2,1-2H3,(H,16,17). The van der Waals surface area contributed by atoms with Crippen molar-refractivity contribution >= 4 is 11.9 Å². The fourth-order valence-electron chi connectivity index (χ4n) is 2.70. The molecular formula is C13H21NO3. The summed E-state index contributed by atoms with van der Waals surface area (Å²) in [5.41, 5.74) is 0. The monoisotopic (exact) mass is 239 g/mol. The molecule has 4 heteroatoms. The molecule has 2 rings (SSSR count). The Kier molecular flexibility index (Phi) is 3.40. The van der Waals surface area contributed by atoms with Crippen molar-refractivity contribution in [2.45, 2.75) is 45.6 Å². The first kappa shape index (κ1) is 12.4. The van der Waals surface area contributed by atoms with Crippen LogP contribution in [-0.2, 0) is 9.59 Å². The van der Waals surface area contributed by atoms with Crippen LogP contribution in [0.2, 0.25) is 0 Å². The lowest BCUT2D eigenvalue weighted by atomic mass is 9.91. The lowest BCUT2D eigenvalue weighted by molar-refractivity contribution is -0.155. The topological polar surface area (TPSA) is 57.6 Å². The summed E-state index contributed by atoms with van der Waals surface area (Å²) in [5.74, 6) is 0.0950. The average molecular weight is 239 g/mol. The van der Waals surface area contributed by atoms with Gasteiger partial charge in [0.15, 0.2) is 0 Å². The number of amides is 1. The Balaban J connectivity index is 2.06. The Labute approximate surface area is 102 Å². The minimum absolute atomic E-state index is 0.00487. The Morgan fingerprint density at radius 1 is 1.29 bits per heavy atom. The van der Waals surface area contributed by atoms with Crippen molar-refractivity contribution in [2.75, 3.05) is 6.54 Å². The highest BCUT2D eigenvalue weighted by Crippen LogP contribution is 2.38. The predicted molar refractivity (Wildman–Crippen MR) is 63.4 cm³/mol. The molecule has 1 aliphatic carbocycles. The molecule has 0 aromatic rings. The number of hydrogen-bond acceptors (Lipinski definition) is 2. The predicted octanol–water partition coefficient (Wildman–Crippen LogP) is 1.74. The van der Waals surface area contributed by atoms with E-state index >= 15 is 0 Å². The number of nitrogens with zero attached hydrogens (tertiary/aromatic N) is 1. The van der Waals surface area contributed by atoms with Gasteiger partial charge in [0.2, 0.25) is 5.91 Å². The molecule has 1 amide bonds. The van der Waals surface area contributed by atoms with E-state index in [1.54, 1.807) is 4.90 Å². The largest absolute Gasteiger partial charge is 0.480 e. The van der Waals surface area contributed by atoms with Crippen LogP contribution < -0.4 is 0 Å². The van der Waals surface area contributed by atoms with E-state index in [-0.39, 0.29) is 11.8 Å². The molecule has 3 unspecified atom stereocenters. The summed E-state index contributed by atoms with van der Waals surface area (Å²) in [6, 6.07) is -0.604. The van der Waals surface area contributed by atoms with Crippen LogP contribution >= 0.6 is 0 Å². The first-order valence-corrected chi connectivity index (χ1v) is 6.54. The zero-order valence-corrected chi connectivity index (χ0v) is 10.6. The van der Waals surface area contributed by atoms with Gasteiger partial charge in [-0.25, -0.2) is 4.79 Å². The Morgan fingerprint density at radius 2 is 1.94 bits per heavy atom. The number of carbonyl (C=O) groups excluding carboxylic acids is 1. The maximum absolute atomic E-state index is 12.3. The van der Waals surface area contributed by atoms with Crippen LogP contribution in [-0.4, -0.2) is 34.5 Å². The van der Waals surface area contributed by atoms with E-state index in [9.17, 15) is 14.7 Å². The summed E-state index contributed by atoms with van der Waals surface area (Å²) in [6.07, 6.45) is 3.76. The molecule has 17 heavy (non-hydrogen) atoms. The highest BCUT2D eigenvalue weighted by molar-refractivity contribution is 5.85. The average Bonchev–Trinajstić information content (AvgIpc) is 3.10. The van der Waals surface area contributed by atoms with Crippen LogP contribution in [0.25, 0.3) is 0 Å². The second kappa shape index (κ2) is 4.67. The Morgan fingerprint density at radius 3 is 2.47 bits per heavy atom. The van der Waals surface area contributed by atoms with Gasteiger partial charge in [-0.15, -0.1) is 0 Å². The van der Waals surface area contributed by atoms with Crippen LogP contribution in [0.1, 0.15) is 39.5 Å². The first-order chi connectivity index (χ1) is 8.00. The summed E-state index contributed by atoms with van der Waals surface area (Å²) in [5, 5.41) is 9.22. The molecule has 0 aromatic heterocycles. The second-order valence-electron chi connectivity index (χ2n) is 5.64. The second-order valence-corrected chi connectivity index (χ2v) is 5.64. The third-order valence-electron chi connectivity index (χ3n) is 4.15. The zero-order valence-electron chi connectivity index (χ0n) is 10.6. The van der Waals surface area contributed by atoms with Gasteiger partial charge in [0.05, 0.1) is 0 Å². The summed E-state index contributed by atoms with van der Waals surface area (Å²) in [7, 11) is 0. The van der Waals surface area contributed by atoms with E-state index in [2.05, 4.69) is 6.92 Å². The maximum Gasteiger partial charge on any atom is 0.326 e. The fraction of sp³-hybridized carbons (Fsp3) is 0.846. The third-order valence-corrected chi connectivity index (χ3v) is 4.15. The lowest BCUT2D eigenvalue weighted by Crippen LogP contribution is -2.51. The molecule has 1 saturated carbocycles. The van der Waals surface area contributed by atoms with Gasteiger partial charge in [-0.2, -0.15) is 0 Å². The van der Waals surface area contributed by atoms with Crippen LogP contribution in [0, 0.1) is 17.8 Å². The molecule has 0 bridgehead atoms. The smallest absolute Gasteiger partial charge is 0.326 e. The van der Waals surface area contributed by atoms with E-state index in [1.807, 2.05) is 6.92 Å². The molecule has 0 aromatic carbocycles. The van der Waals surface area contributed by atoms with Crippen molar-refractivity contribution in [1.82, 2.24) is 4.90 Å². The minimum atomic E-state index is -0.854. The van der Waals surface area contributed by atoms with Crippen LogP contribution in [0.15, 0.2) is 0 Å². The van der Waals surface area contributed by atoms with Crippen LogP contribution in [0.4, 0.5) is 0 Å². The van der Waals surface area contributed by atoms with Gasteiger partial charge in [0.1, 0.15) is 6.04 Å². The SMILES string of the molecule is CC1CCN(C(=O)C(C)C2CC2)C(C(=O)O)C1. The van der Waals surface area contributed by atoms with Crippen molar-refractivity contribution in [1.29, 1.82) is 0 Å². The van der Waals surface area contributed by atoms with Crippen molar-refractivity contribution in [3.05, 3.63) is 0 Å². The van der Waals surface area contributed by atoms with E-state index in [0.29, 0.717) is 24.8 Å². The number of hydrogen-bond donors (Lipinski definition) is 1. The number of carbonyl (C=O) groups is 2. The van der Waals surface area contributed by atoms with Gasteiger partial charge >= 0.3 is 5.97 Å². The number of rotatable bonds is 3. The number of carboxylic acids is 1. The van der Waals surface area contributed by atoms with E-state index < -0.39 is 12.0 Å². The number of piperidine rings is 1. The van der Waals surface area contributed by atoms with Gasteiger partial charge in [-0.3, -0.25) is 4.79 Å².